The molecule has 0 aromatic heterocycles. The molecule has 0 bridgehead atoms. The van der Waals surface area contributed by atoms with Gasteiger partial charge in [0.05, 0.1) is 39.6 Å². The standard InChI is InChI=1S/C24H18N2O4/c1-27-21-7-17-15-5-13(11-25)14(12-26)6-16(15)18-8-22(28-2)24(30-4)10-20(18)19(17)9-23(21)29-3/h5-10H,1-4H3. The second kappa shape index (κ2) is 7.35. The molecule has 148 valence electrons. The topological polar surface area (TPSA) is 84.5 Å². The van der Waals surface area contributed by atoms with Crippen LogP contribution >= 0.6 is 0 Å². The summed E-state index contributed by atoms with van der Waals surface area (Å²) in [5.41, 5.74) is 0.641. The van der Waals surface area contributed by atoms with Gasteiger partial charge >= 0.3 is 0 Å². The number of ether oxygens (including phenoxy) is 4. The molecule has 0 saturated carbocycles. The first-order valence-corrected chi connectivity index (χ1v) is 9.11. The molecule has 0 spiro atoms. The number of nitrogens with zero attached hydrogens (tertiary/aromatic N) is 2. The highest BCUT2D eigenvalue weighted by atomic mass is 16.5. The van der Waals surface area contributed by atoms with Gasteiger partial charge in [-0.15, -0.1) is 0 Å². The van der Waals surface area contributed by atoms with Gasteiger partial charge in [-0.25, -0.2) is 0 Å². The molecular formula is C24H18N2O4. The molecule has 0 amide bonds. The third-order valence-corrected chi connectivity index (χ3v) is 5.32. The Morgan fingerprint density at radius 1 is 0.467 bits per heavy atom. The predicted molar refractivity (Wildman–Crippen MR) is 115 cm³/mol. The quantitative estimate of drug-likeness (QED) is 0.454. The third kappa shape index (κ3) is 2.70. The van der Waals surface area contributed by atoms with E-state index in [-0.39, 0.29) is 0 Å². The molecule has 0 radical (unpaired) electrons. The monoisotopic (exact) mass is 398 g/mol. The molecule has 0 N–H and O–H groups in total. The Hall–Kier alpha value is -4.16. The van der Waals surface area contributed by atoms with E-state index >= 15 is 0 Å². The van der Waals surface area contributed by atoms with Crippen LogP contribution in [0, 0.1) is 22.7 Å². The SMILES string of the molecule is COc1cc2c3cc(C#N)c(C#N)cc3c3cc(OC)c(OC)cc3c2cc1OC. The Balaban J connectivity index is 2.34. The van der Waals surface area contributed by atoms with Gasteiger partial charge in [0, 0.05) is 0 Å². The Labute approximate surface area is 173 Å². The van der Waals surface area contributed by atoms with Gasteiger partial charge in [0.1, 0.15) is 12.1 Å². The third-order valence-electron chi connectivity index (χ3n) is 5.32. The van der Waals surface area contributed by atoms with Crippen molar-refractivity contribution in [3.8, 4) is 35.1 Å². The van der Waals surface area contributed by atoms with Crippen molar-refractivity contribution in [3.05, 3.63) is 47.5 Å². The van der Waals surface area contributed by atoms with E-state index in [4.69, 9.17) is 18.9 Å². The zero-order valence-electron chi connectivity index (χ0n) is 17.0. The van der Waals surface area contributed by atoms with Gasteiger partial charge in [-0.3, -0.25) is 0 Å². The first-order chi connectivity index (χ1) is 14.6. The lowest BCUT2D eigenvalue weighted by Gasteiger charge is -2.17. The van der Waals surface area contributed by atoms with E-state index in [2.05, 4.69) is 12.1 Å². The average Bonchev–Trinajstić information content (AvgIpc) is 2.81. The summed E-state index contributed by atoms with van der Waals surface area (Å²) in [4.78, 5) is 0. The molecule has 0 heterocycles. The van der Waals surface area contributed by atoms with Gasteiger partial charge in [0.2, 0.25) is 0 Å². The number of nitriles is 2. The van der Waals surface area contributed by atoms with Crippen LogP contribution in [0.2, 0.25) is 0 Å². The molecule has 0 unspecified atom stereocenters. The van der Waals surface area contributed by atoms with E-state index in [0.717, 1.165) is 32.3 Å². The lowest BCUT2D eigenvalue weighted by Crippen LogP contribution is -1.95. The molecule has 0 aliphatic carbocycles. The van der Waals surface area contributed by atoms with Crippen LogP contribution in [-0.2, 0) is 0 Å². The van der Waals surface area contributed by atoms with Crippen LogP contribution in [0.5, 0.6) is 23.0 Å². The summed E-state index contributed by atoms with van der Waals surface area (Å²) in [5, 5.41) is 24.3. The zero-order valence-corrected chi connectivity index (χ0v) is 17.0. The van der Waals surface area contributed by atoms with E-state index in [1.807, 2.05) is 24.3 Å². The molecule has 6 nitrogen and oxygen atoms in total. The second-order valence-corrected chi connectivity index (χ2v) is 6.67. The fraction of sp³-hybridized carbons (Fsp3) is 0.167. The van der Waals surface area contributed by atoms with Crippen molar-refractivity contribution in [3.63, 3.8) is 0 Å². The van der Waals surface area contributed by atoms with E-state index in [1.54, 1.807) is 40.6 Å². The molecule has 4 aromatic carbocycles. The largest absolute Gasteiger partial charge is 0.493 e. The Kier molecular flexibility index (Phi) is 4.69. The number of fused-ring (bicyclic) bond motifs is 6. The van der Waals surface area contributed by atoms with Crippen molar-refractivity contribution in [1.82, 2.24) is 0 Å². The lowest BCUT2D eigenvalue weighted by atomic mass is 9.91. The highest BCUT2D eigenvalue weighted by molar-refractivity contribution is 6.26. The molecule has 4 rings (SSSR count). The van der Waals surface area contributed by atoms with Crippen LogP contribution in [-0.4, -0.2) is 28.4 Å². The van der Waals surface area contributed by atoms with Crippen LogP contribution in [0.15, 0.2) is 36.4 Å². The van der Waals surface area contributed by atoms with Crippen molar-refractivity contribution in [2.45, 2.75) is 0 Å². The molecule has 0 aliphatic heterocycles. The first kappa shape index (κ1) is 19.2. The van der Waals surface area contributed by atoms with Crippen molar-refractivity contribution >= 4 is 32.3 Å². The summed E-state index contributed by atoms with van der Waals surface area (Å²) < 4.78 is 22.0. The minimum atomic E-state index is 0.320. The number of methoxy groups -OCH3 is 4. The summed E-state index contributed by atoms with van der Waals surface area (Å²) in [7, 11) is 6.33. The Morgan fingerprint density at radius 3 is 0.900 bits per heavy atom. The van der Waals surface area contributed by atoms with Crippen molar-refractivity contribution in [2.24, 2.45) is 0 Å². The van der Waals surface area contributed by atoms with Crippen LogP contribution in [0.3, 0.4) is 0 Å². The fourth-order valence-electron chi connectivity index (χ4n) is 3.88. The summed E-state index contributed by atoms with van der Waals surface area (Å²) in [6.45, 7) is 0. The lowest BCUT2D eigenvalue weighted by molar-refractivity contribution is 0.355. The van der Waals surface area contributed by atoms with Gasteiger partial charge in [0.15, 0.2) is 23.0 Å². The second-order valence-electron chi connectivity index (χ2n) is 6.67. The summed E-state index contributed by atoms with van der Waals surface area (Å²) >= 11 is 0. The predicted octanol–water partition coefficient (Wildman–Crippen LogP) is 4.92. The van der Waals surface area contributed by atoms with Gasteiger partial charge in [0.25, 0.3) is 0 Å². The molecule has 4 aromatic rings. The number of hydrogen-bond acceptors (Lipinski definition) is 6. The first-order valence-electron chi connectivity index (χ1n) is 9.11. The maximum Gasteiger partial charge on any atom is 0.161 e. The van der Waals surface area contributed by atoms with Crippen LogP contribution in [0.4, 0.5) is 0 Å². The summed E-state index contributed by atoms with van der Waals surface area (Å²) in [6, 6.07) is 15.3. The van der Waals surface area contributed by atoms with Gasteiger partial charge < -0.3 is 18.9 Å². The van der Waals surface area contributed by atoms with Gasteiger partial charge in [-0.2, -0.15) is 10.5 Å². The van der Waals surface area contributed by atoms with E-state index < -0.39 is 0 Å². The number of hydrogen-bond donors (Lipinski definition) is 0. The Bertz CT molecular complexity index is 1300. The molecule has 0 saturated heterocycles. The van der Waals surface area contributed by atoms with Crippen molar-refractivity contribution in [1.29, 1.82) is 10.5 Å². The normalized spacial score (nSPS) is 10.6. The van der Waals surface area contributed by atoms with E-state index in [0.29, 0.717) is 34.1 Å². The van der Waals surface area contributed by atoms with Gasteiger partial charge in [-0.05, 0) is 68.7 Å². The van der Waals surface area contributed by atoms with Crippen molar-refractivity contribution < 1.29 is 18.9 Å². The van der Waals surface area contributed by atoms with Crippen LogP contribution in [0.1, 0.15) is 11.1 Å². The molecular weight excluding hydrogens is 380 g/mol. The fourth-order valence-corrected chi connectivity index (χ4v) is 3.88. The zero-order chi connectivity index (χ0) is 21.4. The highest BCUT2D eigenvalue weighted by Gasteiger charge is 2.18. The van der Waals surface area contributed by atoms with Crippen molar-refractivity contribution in [2.75, 3.05) is 28.4 Å². The number of benzene rings is 4. The minimum absolute atomic E-state index is 0.320. The average molecular weight is 398 g/mol. The smallest absolute Gasteiger partial charge is 0.161 e. The molecule has 0 aliphatic rings. The molecule has 30 heavy (non-hydrogen) atoms. The molecule has 6 heteroatoms. The number of rotatable bonds is 4. The minimum Gasteiger partial charge on any atom is -0.493 e. The highest BCUT2D eigenvalue weighted by Crippen LogP contribution is 2.44. The maximum absolute atomic E-state index is 9.55. The molecule has 0 atom stereocenters. The van der Waals surface area contributed by atoms with Gasteiger partial charge in [-0.1, -0.05) is 0 Å². The van der Waals surface area contributed by atoms with E-state index in [1.165, 1.54) is 0 Å². The van der Waals surface area contributed by atoms with Crippen LogP contribution in [0.25, 0.3) is 32.3 Å². The summed E-state index contributed by atoms with van der Waals surface area (Å²) in [5.74, 6) is 2.34. The van der Waals surface area contributed by atoms with Crippen LogP contribution < -0.4 is 18.9 Å². The molecule has 0 fully saturated rings. The summed E-state index contributed by atoms with van der Waals surface area (Å²) in [6.07, 6.45) is 0. The van der Waals surface area contributed by atoms with E-state index in [9.17, 15) is 10.5 Å². The Morgan fingerprint density at radius 2 is 0.700 bits per heavy atom. The maximum atomic E-state index is 9.55.